The highest BCUT2D eigenvalue weighted by atomic mass is 16.5. The Balaban J connectivity index is 1.42. The lowest BCUT2D eigenvalue weighted by Crippen LogP contribution is -2.31. The molecule has 4 heteroatoms. The molecule has 0 spiro atoms. The van der Waals surface area contributed by atoms with Crippen LogP contribution in [-0.4, -0.2) is 19.1 Å². The van der Waals surface area contributed by atoms with Crippen LogP contribution in [0, 0.1) is 11.8 Å². The molecular formula is C25H27N3O. The van der Waals surface area contributed by atoms with Gasteiger partial charge in [0.15, 0.2) is 5.96 Å². The Bertz CT molecular complexity index is 963. The fourth-order valence-electron chi connectivity index (χ4n) is 4.58. The first-order valence-corrected chi connectivity index (χ1v) is 10.4. The highest BCUT2D eigenvalue weighted by molar-refractivity contribution is 5.84. The summed E-state index contributed by atoms with van der Waals surface area (Å²) < 4.78 is 5.47. The first-order valence-electron chi connectivity index (χ1n) is 10.4. The van der Waals surface area contributed by atoms with Gasteiger partial charge < -0.3 is 15.4 Å². The Morgan fingerprint density at radius 3 is 2.66 bits per heavy atom. The molecule has 2 aromatic rings. The van der Waals surface area contributed by atoms with Crippen molar-refractivity contribution < 1.29 is 4.74 Å². The quantitative estimate of drug-likeness (QED) is 0.751. The molecule has 0 radical (unpaired) electrons. The average Bonchev–Trinajstić information content (AvgIpc) is 3.45. The predicted octanol–water partition coefficient (Wildman–Crippen LogP) is 4.38. The third-order valence-electron chi connectivity index (χ3n) is 6.18. The minimum atomic E-state index is 0.193. The van der Waals surface area contributed by atoms with Crippen LogP contribution in [0.5, 0.6) is 5.75 Å². The normalized spacial score (nSPS) is 28.7. The summed E-state index contributed by atoms with van der Waals surface area (Å²) in [5.41, 5.74) is 3.91. The molecule has 29 heavy (non-hydrogen) atoms. The van der Waals surface area contributed by atoms with E-state index >= 15 is 0 Å². The van der Waals surface area contributed by atoms with Gasteiger partial charge in [-0.2, -0.15) is 0 Å². The molecule has 0 aromatic heterocycles. The first-order chi connectivity index (χ1) is 14.3. The zero-order chi connectivity index (χ0) is 19.6. The maximum Gasteiger partial charge on any atom is 0.192 e. The number of allylic oxidation sites excluding steroid dienone is 3. The number of ether oxygens (including phenoxy) is 1. The lowest BCUT2D eigenvalue weighted by atomic mass is 9.91. The number of nitrogens with zero attached hydrogens (tertiary/aromatic N) is 1. The summed E-state index contributed by atoms with van der Waals surface area (Å²) >= 11 is 0. The molecule has 2 aliphatic carbocycles. The van der Waals surface area contributed by atoms with Crippen LogP contribution in [0.1, 0.15) is 30.0 Å². The monoisotopic (exact) mass is 385 g/mol. The number of hydrogen-bond acceptors (Lipinski definition) is 2. The van der Waals surface area contributed by atoms with Crippen LogP contribution < -0.4 is 15.4 Å². The standard InChI is InChI=1S/C25H27N3O/c1-29-22-14-8-6-12-19(22)16-26-25-27-23(17-9-3-2-4-10-17)24(28-25)20-13-7-5-11-18-15-21(18)20/h2-6,8-14,18,21,23-24H,7,15-16H2,1H3,(H2,26,27,28)/t18?,21?,23-,24+/m0/s1. The number of para-hydroxylation sites is 1. The summed E-state index contributed by atoms with van der Waals surface area (Å²) in [4.78, 5) is 4.86. The van der Waals surface area contributed by atoms with Gasteiger partial charge in [-0.15, -0.1) is 0 Å². The van der Waals surface area contributed by atoms with Crippen molar-refractivity contribution in [3.63, 3.8) is 0 Å². The molecule has 4 nitrogen and oxygen atoms in total. The summed E-state index contributed by atoms with van der Waals surface area (Å²) in [6.45, 7) is 0.584. The van der Waals surface area contributed by atoms with Gasteiger partial charge in [0.2, 0.25) is 0 Å². The summed E-state index contributed by atoms with van der Waals surface area (Å²) in [7, 11) is 1.71. The molecule has 3 aliphatic rings. The molecule has 2 unspecified atom stereocenters. The Kier molecular flexibility index (Phi) is 4.84. The van der Waals surface area contributed by atoms with E-state index in [1.807, 2.05) is 18.2 Å². The molecule has 2 fully saturated rings. The second-order valence-corrected chi connectivity index (χ2v) is 8.01. The highest BCUT2D eigenvalue weighted by Crippen LogP contribution is 2.49. The summed E-state index contributed by atoms with van der Waals surface area (Å²) in [5, 5.41) is 7.36. The largest absolute Gasteiger partial charge is 0.496 e. The van der Waals surface area contributed by atoms with Crippen molar-refractivity contribution >= 4 is 5.96 Å². The van der Waals surface area contributed by atoms with Crippen molar-refractivity contribution in [3.8, 4) is 5.75 Å². The number of hydrogen-bond donors (Lipinski definition) is 2. The maximum atomic E-state index is 5.47. The van der Waals surface area contributed by atoms with Gasteiger partial charge in [-0.3, -0.25) is 0 Å². The van der Waals surface area contributed by atoms with Crippen LogP contribution in [0.3, 0.4) is 0 Å². The topological polar surface area (TPSA) is 45.6 Å². The molecule has 2 N–H and O–H groups in total. The van der Waals surface area contributed by atoms with E-state index in [0.717, 1.165) is 29.6 Å². The summed E-state index contributed by atoms with van der Waals surface area (Å²) in [5.74, 6) is 3.14. The molecule has 1 saturated heterocycles. The van der Waals surface area contributed by atoms with Gasteiger partial charge in [-0.05, 0) is 41.9 Å². The van der Waals surface area contributed by atoms with E-state index in [1.165, 1.54) is 17.6 Å². The first kappa shape index (κ1) is 18.0. The van der Waals surface area contributed by atoms with Gasteiger partial charge in [-0.1, -0.05) is 66.8 Å². The second-order valence-electron chi connectivity index (χ2n) is 8.01. The number of rotatable bonds is 5. The molecule has 1 saturated carbocycles. The SMILES string of the molecule is COc1ccccc1CN=C1N[C@H](C2=CCC=CC3CC23)[C@H](c2ccccc2)N1. The molecule has 2 aromatic carbocycles. The van der Waals surface area contributed by atoms with Crippen LogP contribution >= 0.6 is 0 Å². The number of fused-ring (bicyclic) bond motifs is 1. The average molecular weight is 386 g/mol. The minimum Gasteiger partial charge on any atom is -0.496 e. The van der Waals surface area contributed by atoms with Crippen LogP contribution in [0.2, 0.25) is 0 Å². The van der Waals surface area contributed by atoms with Gasteiger partial charge >= 0.3 is 0 Å². The molecule has 0 bridgehead atoms. The summed E-state index contributed by atoms with van der Waals surface area (Å²) in [6.07, 6.45) is 9.43. The van der Waals surface area contributed by atoms with E-state index in [-0.39, 0.29) is 12.1 Å². The van der Waals surface area contributed by atoms with Crippen molar-refractivity contribution in [2.75, 3.05) is 7.11 Å². The number of aliphatic imine (C=N–C) groups is 1. The predicted molar refractivity (Wildman–Crippen MR) is 117 cm³/mol. The van der Waals surface area contributed by atoms with Crippen molar-refractivity contribution in [1.82, 2.24) is 10.6 Å². The van der Waals surface area contributed by atoms with Crippen molar-refractivity contribution in [2.45, 2.75) is 31.5 Å². The number of methoxy groups -OCH3 is 1. The molecule has 148 valence electrons. The Morgan fingerprint density at radius 1 is 1.00 bits per heavy atom. The molecule has 0 amide bonds. The molecule has 1 heterocycles. The van der Waals surface area contributed by atoms with E-state index in [1.54, 1.807) is 7.11 Å². The summed E-state index contributed by atoms with van der Waals surface area (Å²) in [6, 6.07) is 19.2. The van der Waals surface area contributed by atoms with Crippen molar-refractivity contribution in [2.24, 2.45) is 16.8 Å². The highest BCUT2D eigenvalue weighted by Gasteiger charge is 2.45. The van der Waals surface area contributed by atoms with E-state index in [0.29, 0.717) is 12.5 Å². The van der Waals surface area contributed by atoms with Gasteiger partial charge in [0, 0.05) is 5.56 Å². The van der Waals surface area contributed by atoms with E-state index in [2.05, 4.69) is 65.3 Å². The third kappa shape index (κ3) is 3.67. The van der Waals surface area contributed by atoms with Crippen molar-refractivity contribution in [3.05, 3.63) is 89.5 Å². The Hall–Kier alpha value is -3.01. The lowest BCUT2D eigenvalue weighted by Gasteiger charge is -2.22. The maximum absolute atomic E-state index is 5.47. The Morgan fingerprint density at radius 2 is 1.79 bits per heavy atom. The number of guanidine groups is 1. The fourth-order valence-corrected chi connectivity index (χ4v) is 4.58. The van der Waals surface area contributed by atoms with Gasteiger partial charge in [0.1, 0.15) is 5.75 Å². The van der Waals surface area contributed by atoms with Gasteiger partial charge in [0.25, 0.3) is 0 Å². The molecular weight excluding hydrogens is 358 g/mol. The van der Waals surface area contributed by atoms with E-state index in [4.69, 9.17) is 9.73 Å². The van der Waals surface area contributed by atoms with Gasteiger partial charge in [0.05, 0.1) is 25.7 Å². The molecule has 1 aliphatic heterocycles. The third-order valence-corrected chi connectivity index (χ3v) is 6.18. The van der Waals surface area contributed by atoms with E-state index < -0.39 is 0 Å². The Labute approximate surface area is 172 Å². The number of nitrogens with one attached hydrogen (secondary N) is 2. The van der Waals surface area contributed by atoms with Crippen molar-refractivity contribution in [1.29, 1.82) is 0 Å². The smallest absolute Gasteiger partial charge is 0.192 e. The van der Waals surface area contributed by atoms with Crippen LogP contribution in [-0.2, 0) is 6.54 Å². The zero-order valence-electron chi connectivity index (χ0n) is 16.7. The van der Waals surface area contributed by atoms with Crippen LogP contribution in [0.25, 0.3) is 0 Å². The molecule has 4 atom stereocenters. The lowest BCUT2D eigenvalue weighted by molar-refractivity contribution is 0.410. The van der Waals surface area contributed by atoms with E-state index in [9.17, 15) is 0 Å². The van der Waals surface area contributed by atoms with Gasteiger partial charge in [-0.25, -0.2) is 4.99 Å². The van der Waals surface area contributed by atoms with Crippen LogP contribution in [0.4, 0.5) is 0 Å². The number of benzene rings is 2. The fraction of sp³-hybridized carbons (Fsp3) is 0.320. The second kappa shape index (κ2) is 7.78. The molecule has 5 rings (SSSR count). The zero-order valence-corrected chi connectivity index (χ0v) is 16.7. The minimum absolute atomic E-state index is 0.193. The van der Waals surface area contributed by atoms with Crippen LogP contribution in [0.15, 0.2) is 83.4 Å².